The molecule has 2 aromatic rings. The molecular weight excluding hydrogens is 284 g/mol. The number of imidazole rings is 1. The molecule has 0 aliphatic rings. The Hall–Kier alpha value is -2.57. The molecule has 22 heavy (non-hydrogen) atoms. The van der Waals surface area contributed by atoms with Crippen LogP contribution in [0.5, 0.6) is 0 Å². The second-order valence-electron chi connectivity index (χ2n) is 5.23. The standard InChI is InChI=1S/C15H20N4O3/c1-3-8-18-11-6-4-5-7-12(11)19(15(18)22)10-14(21)17(2)9-13(16)20/h4-7H,3,8-10H2,1-2H3,(H2,16,20). The van der Waals surface area contributed by atoms with Crippen LogP contribution in [0.15, 0.2) is 29.1 Å². The van der Waals surface area contributed by atoms with E-state index in [0.29, 0.717) is 12.1 Å². The van der Waals surface area contributed by atoms with Crippen LogP contribution in [0.4, 0.5) is 0 Å². The lowest BCUT2D eigenvalue weighted by molar-refractivity contribution is -0.134. The van der Waals surface area contributed by atoms with E-state index in [1.807, 2.05) is 31.2 Å². The lowest BCUT2D eigenvalue weighted by Crippen LogP contribution is -2.39. The van der Waals surface area contributed by atoms with E-state index in [9.17, 15) is 14.4 Å². The molecule has 118 valence electrons. The summed E-state index contributed by atoms with van der Waals surface area (Å²) in [6.07, 6.45) is 0.823. The molecule has 2 amide bonds. The quantitative estimate of drug-likeness (QED) is 0.824. The maximum absolute atomic E-state index is 12.5. The van der Waals surface area contributed by atoms with Gasteiger partial charge in [-0.25, -0.2) is 4.79 Å². The van der Waals surface area contributed by atoms with Crippen LogP contribution in [0, 0.1) is 0 Å². The van der Waals surface area contributed by atoms with Gasteiger partial charge in [0.25, 0.3) is 0 Å². The molecule has 0 bridgehead atoms. The van der Waals surface area contributed by atoms with Crippen LogP contribution < -0.4 is 11.4 Å². The Morgan fingerprint density at radius 3 is 2.32 bits per heavy atom. The van der Waals surface area contributed by atoms with Gasteiger partial charge in [-0.15, -0.1) is 0 Å². The fourth-order valence-corrected chi connectivity index (χ4v) is 2.44. The first-order valence-corrected chi connectivity index (χ1v) is 7.16. The normalized spacial score (nSPS) is 10.8. The van der Waals surface area contributed by atoms with Crippen molar-refractivity contribution in [3.8, 4) is 0 Å². The summed E-state index contributed by atoms with van der Waals surface area (Å²) in [5, 5.41) is 0. The topological polar surface area (TPSA) is 90.3 Å². The van der Waals surface area contributed by atoms with Gasteiger partial charge in [-0.05, 0) is 18.6 Å². The zero-order valence-electron chi connectivity index (χ0n) is 12.8. The van der Waals surface area contributed by atoms with E-state index in [-0.39, 0.29) is 24.7 Å². The Kier molecular flexibility index (Phi) is 4.65. The molecule has 0 saturated heterocycles. The van der Waals surface area contributed by atoms with Gasteiger partial charge in [0, 0.05) is 13.6 Å². The van der Waals surface area contributed by atoms with Crippen molar-refractivity contribution in [1.29, 1.82) is 0 Å². The van der Waals surface area contributed by atoms with Crippen LogP contribution in [0.1, 0.15) is 13.3 Å². The first-order chi connectivity index (χ1) is 10.5. The van der Waals surface area contributed by atoms with Gasteiger partial charge in [0.1, 0.15) is 6.54 Å². The number of fused-ring (bicyclic) bond motifs is 1. The highest BCUT2D eigenvalue weighted by atomic mass is 16.2. The first-order valence-electron chi connectivity index (χ1n) is 7.16. The molecule has 1 aromatic carbocycles. The SMILES string of the molecule is CCCn1c(=O)n(CC(=O)N(C)CC(N)=O)c2ccccc21. The zero-order chi connectivity index (χ0) is 16.3. The number of para-hydroxylation sites is 2. The highest BCUT2D eigenvalue weighted by Gasteiger charge is 2.17. The Morgan fingerprint density at radius 2 is 1.77 bits per heavy atom. The fraction of sp³-hybridized carbons (Fsp3) is 0.400. The number of nitrogens with two attached hydrogens (primary N) is 1. The van der Waals surface area contributed by atoms with Crippen molar-refractivity contribution in [1.82, 2.24) is 14.0 Å². The predicted molar refractivity (Wildman–Crippen MR) is 83.3 cm³/mol. The molecule has 2 N–H and O–H groups in total. The van der Waals surface area contributed by atoms with Crippen molar-refractivity contribution in [2.24, 2.45) is 5.73 Å². The average Bonchev–Trinajstić information content (AvgIpc) is 2.73. The number of amides is 2. The monoisotopic (exact) mass is 304 g/mol. The third-order valence-electron chi connectivity index (χ3n) is 3.48. The van der Waals surface area contributed by atoms with Crippen molar-refractivity contribution in [3.63, 3.8) is 0 Å². The summed E-state index contributed by atoms with van der Waals surface area (Å²) in [5.41, 5.74) is 6.38. The molecule has 0 spiro atoms. The Balaban J connectivity index is 2.39. The number of likely N-dealkylation sites (N-methyl/N-ethyl adjacent to an activating group) is 1. The summed E-state index contributed by atoms with van der Waals surface area (Å²) in [5.74, 6) is -0.920. The number of hydrogen-bond donors (Lipinski definition) is 1. The minimum absolute atomic E-state index is 0.111. The van der Waals surface area contributed by atoms with Gasteiger partial charge >= 0.3 is 5.69 Å². The Bertz CT molecular complexity index is 760. The van der Waals surface area contributed by atoms with Gasteiger partial charge in [-0.2, -0.15) is 0 Å². The van der Waals surface area contributed by atoms with E-state index in [4.69, 9.17) is 5.73 Å². The van der Waals surface area contributed by atoms with Gasteiger partial charge in [-0.3, -0.25) is 18.7 Å². The lowest BCUT2D eigenvalue weighted by atomic mass is 10.3. The number of nitrogens with zero attached hydrogens (tertiary/aromatic N) is 3. The molecule has 7 heteroatoms. The van der Waals surface area contributed by atoms with Crippen LogP contribution in [0.3, 0.4) is 0 Å². The van der Waals surface area contributed by atoms with Gasteiger partial charge in [0.15, 0.2) is 0 Å². The van der Waals surface area contributed by atoms with Crippen molar-refractivity contribution >= 4 is 22.8 Å². The Labute approximate surface area is 127 Å². The molecule has 0 aliphatic carbocycles. The number of carbonyl (C=O) groups excluding carboxylic acids is 2. The number of carbonyl (C=O) groups is 2. The average molecular weight is 304 g/mol. The van der Waals surface area contributed by atoms with Crippen LogP contribution in [-0.4, -0.2) is 39.4 Å². The number of aryl methyl sites for hydroxylation is 1. The summed E-state index contributed by atoms with van der Waals surface area (Å²) in [6.45, 7) is 2.31. The third-order valence-corrected chi connectivity index (χ3v) is 3.48. The van der Waals surface area contributed by atoms with Crippen molar-refractivity contribution in [2.45, 2.75) is 26.4 Å². The number of benzene rings is 1. The van der Waals surface area contributed by atoms with Crippen molar-refractivity contribution in [3.05, 3.63) is 34.7 Å². The Morgan fingerprint density at radius 1 is 1.18 bits per heavy atom. The molecular formula is C15H20N4O3. The first kappa shape index (κ1) is 15.8. The predicted octanol–water partition coefficient (Wildman–Crippen LogP) is 0.157. The molecule has 0 fully saturated rings. The summed E-state index contributed by atoms with van der Waals surface area (Å²) >= 11 is 0. The maximum atomic E-state index is 12.5. The molecule has 0 saturated carbocycles. The number of primary amides is 1. The molecule has 0 radical (unpaired) electrons. The summed E-state index contributed by atoms with van der Waals surface area (Å²) in [4.78, 5) is 36.8. The van der Waals surface area contributed by atoms with Gasteiger partial charge in [0.05, 0.1) is 17.6 Å². The highest BCUT2D eigenvalue weighted by molar-refractivity contribution is 5.85. The van der Waals surface area contributed by atoms with Crippen molar-refractivity contribution < 1.29 is 9.59 Å². The van der Waals surface area contributed by atoms with Crippen LogP contribution in [0.2, 0.25) is 0 Å². The maximum Gasteiger partial charge on any atom is 0.329 e. The molecule has 7 nitrogen and oxygen atoms in total. The second-order valence-corrected chi connectivity index (χ2v) is 5.23. The minimum Gasteiger partial charge on any atom is -0.368 e. The van der Waals surface area contributed by atoms with E-state index in [1.54, 1.807) is 4.57 Å². The van der Waals surface area contributed by atoms with Gasteiger partial charge < -0.3 is 10.6 Å². The lowest BCUT2D eigenvalue weighted by Gasteiger charge is -2.15. The summed E-state index contributed by atoms with van der Waals surface area (Å²) in [6, 6.07) is 7.36. The van der Waals surface area contributed by atoms with E-state index in [0.717, 1.165) is 11.9 Å². The van der Waals surface area contributed by atoms with Crippen LogP contribution >= 0.6 is 0 Å². The molecule has 1 heterocycles. The number of rotatable bonds is 6. The van der Waals surface area contributed by atoms with E-state index < -0.39 is 5.91 Å². The number of hydrogen-bond acceptors (Lipinski definition) is 3. The molecule has 2 rings (SSSR count). The highest BCUT2D eigenvalue weighted by Crippen LogP contribution is 2.13. The second kappa shape index (κ2) is 6.46. The van der Waals surface area contributed by atoms with E-state index in [1.165, 1.54) is 16.5 Å². The van der Waals surface area contributed by atoms with Crippen LogP contribution in [-0.2, 0) is 22.7 Å². The molecule has 0 aliphatic heterocycles. The van der Waals surface area contributed by atoms with Gasteiger partial charge in [0.2, 0.25) is 11.8 Å². The molecule has 1 aromatic heterocycles. The molecule has 0 atom stereocenters. The van der Waals surface area contributed by atoms with E-state index >= 15 is 0 Å². The van der Waals surface area contributed by atoms with Crippen molar-refractivity contribution in [2.75, 3.05) is 13.6 Å². The van der Waals surface area contributed by atoms with Crippen LogP contribution in [0.25, 0.3) is 11.0 Å². The third kappa shape index (κ3) is 3.03. The fourth-order valence-electron chi connectivity index (χ4n) is 2.44. The largest absolute Gasteiger partial charge is 0.368 e. The van der Waals surface area contributed by atoms with Gasteiger partial charge in [-0.1, -0.05) is 19.1 Å². The molecule has 0 unspecified atom stereocenters. The summed E-state index contributed by atoms with van der Waals surface area (Å²) in [7, 11) is 1.49. The smallest absolute Gasteiger partial charge is 0.329 e. The van der Waals surface area contributed by atoms with E-state index in [2.05, 4.69) is 0 Å². The minimum atomic E-state index is -0.586. The summed E-state index contributed by atoms with van der Waals surface area (Å²) < 4.78 is 3.10. The number of aromatic nitrogens is 2. The zero-order valence-corrected chi connectivity index (χ0v) is 12.8.